The van der Waals surface area contributed by atoms with Gasteiger partial charge in [0.1, 0.15) is 5.69 Å². The van der Waals surface area contributed by atoms with Gasteiger partial charge in [-0.15, -0.1) is 5.10 Å². The van der Waals surface area contributed by atoms with E-state index in [-0.39, 0.29) is 6.61 Å². The molecule has 1 unspecified atom stereocenters. The van der Waals surface area contributed by atoms with Crippen molar-refractivity contribution in [3.05, 3.63) is 41.7 Å². The standard InChI is InChI=1S/C14H17N5O/c1-11-3-5-12(6-4-11)16-13(9-15)14-10-19(18-17-14)7-2-8-20/h3-6,10,13,16,20H,2,7-8H2,1H3. The second kappa shape index (κ2) is 6.68. The first kappa shape index (κ1) is 14.0. The van der Waals surface area contributed by atoms with Crippen molar-refractivity contribution < 1.29 is 5.11 Å². The van der Waals surface area contributed by atoms with Crippen molar-refractivity contribution in [1.82, 2.24) is 15.0 Å². The molecule has 1 atom stereocenters. The van der Waals surface area contributed by atoms with Gasteiger partial charge in [-0.25, -0.2) is 0 Å². The highest BCUT2D eigenvalue weighted by molar-refractivity contribution is 5.47. The largest absolute Gasteiger partial charge is 0.396 e. The molecule has 0 spiro atoms. The van der Waals surface area contributed by atoms with Crippen LogP contribution in [0.5, 0.6) is 0 Å². The van der Waals surface area contributed by atoms with Crippen molar-refractivity contribution in [2.75, 3.05) is 11.9 Å². The van der Waals surface area contributed by atoms with Gasteiger partial charge in [0.25, 0.3) is 0 Å². The molecule has 0 fully saturated rings. The lowest BCUT2D eigenvalue weighted by Crippen LogP contribution is -2.09. The van der Waals surface area contributed by atoms with Crippen LogP contribution in [-0.2, 0) is 6.54 Å². The summed E-state index contributed by atoms with van der Waals surface area (Å²) < 4.78 is 1.63. The van der Waals surface area contributed by atoms with E-state index in [1.165, 1.54) is 5.56 Å². The third-order valence-electron chi connectivity index (χ3n) is 2.89. The monoisotopic (exact) mass is 271 g/mol. The molecule has 20 heavy (non-hydrogen) atoms. The summed E-state index contributed by atoms with van der Waals surface area (Å²) in [5, 5.41) is 29.1. The van der Waals surface area contributed by atoms with Crippen LogP contribution in [0.1, 0.15) is 23.7 Å². The van der Waals surface area contributed by atoms with E-state index < -0.39 is 6.04 Å². The van der Waals surface area contributed by atoms with Crippen LogP contribution in [0.2, 0.25) is 0 Å². The van der Waals surface area contributed by atoms with Crippen LogP contribution in [0.3, 0.4) is 0 Å². The van der Waals surface area contributed by atoms with Gasteiger partial charge >= 0.3 is 0 Å². The average molecular weight is 271 g/mol. The average Bonchev–Trinajstić information content (AvgIpc) is 2.93. The maximum atomic E-state index is 9.25. The number of hydrogen-bond acceptors (Lipinski definition) is 5. The first-order valence-corrected chi connectivity index (χ1v) is 6.46. The fourth-order valence-electron chi connectivity index (χ4n) is 1.78. The van der Waals surface area contributed by atoms with Crippen LogP contribution in [0.15, 0.2) is 30.5 Å². The van der Waals surface area contributed by atoms with Crippen LogP contribution < -0.4 is 5.32 Å². The Kier molecular flexibility index (Phi) is 4.69. The smallest absolute Gasteiger partial charge is 0.160 e. The molecule has 0 saturated carbocycles. The summed E-state index contributed by atoms with van der Waals surface area (Å²) in [6.45, 7) is 2.71. The Labute approximate surface area is 117 Å². The summed E-state index contributed by atoms with van der Waals surface area (Å²) >= 11 is 0. The molecular formula is C14H17N5O. The highest BCUT2D eigenvalue weighted by Crippen LogP contribution is 2.17. The van der Waals surface area contributed by atoms with Crippen molar-refractivity contribution in [3.8, 4) is 6.07 Å². The molecule has 0 aliphatic heterocycles. The van der Waals surface area contributed by atoms with Gasteiger partial charge in [-0.05, 0) is 25.5 Å². The molecule has 6 nitrogen and oxygen atoms in total. The molecule has 2 aromatic rings. The summed E-state index contributed by atoms with van der Waals surface area (Å²) in [5.74, 6) is 0. The van der Waals surface area contributed by atoms with Gasteiger partial charge in [0.05, 0.1) is 12.3 Å². The number of nitriles is 1. The van der Waals surface area contributed by atoms with E-state index >= 15 is 0 Å². The molecular weight excluding hydrogens is 254 g/mol. The third kappa shape index (κ3) is 3.56. The summed E-state index contributed by atoms with van der Waals surface area (Å²) in [5.41, 5.74) is 2.61. The van der Waals surface area contributed by atoms with Crippen LogP contribution in [-0.4, -0.2) is 26.7 Å². The van der Waals surface area contributed by atoms with Crippen LogP contribution in [0, 0.1) is 18.3 Å². The van der Waals surface area contributed by atoms with Crippen molar-refractivity contribution in [2.45, 2.75) is 25.9 Å². The molecule has 1 aromatic heterocycles. The van der Waals surface area contributed by atoms with E-state index in [9.17, 15) is 5.26 Å². The summed E-state index contributed by atoms with van der Waals surface area (Å²) in [6, 6.07) is 9.45. The van der Waals surface area contributed by atoms with Crippen molar-refractivity contribution in [2.24, 2.45) is 0 Å². The lowest BCUT2D eigenvalue weighted by Gasteiger charge is -2.10. The number of anilines is 1. The van der Waals surface area contributed by atoms with E-state index in [1.807, 2.05) is 31.2 Å². The van der Waals surface area contributed by atoms with Gasteiger partial charge in [-0.2, -0.15) is 5.26 Å². The Balaban J connectivity index is 2.06. The molecule has 6 heteroatoms. The van der Waals surface area contributed by atoms with Gasteiger partial charge in [0, 0.05) is 18.8 Å². The first-order valence-electron chi connectivity index (χ1n) is 6.46. The lowest BCUT2D eigenvalue weighted by molar-refractivity contribution is 0.276. The fraction of sp³-hybridized carbons (Fsp3) is 0.357. The number of nitrogens with one attached hydrogen (secondary N) is 1. The topological polar surface area (TPSA) is 86.8 Å². The molecule has 104 valence electrons. The van der Waals surface area contributed by atoms with Crippen molar-refractivity contribution in [1.29, 1.82) is 5.26 Å². The molecule has 1 heterocycles. The Morgan fingerprint density at radius 2 is 2.15 bits per heavy atom. The molecule has 0 bridgehead atoms. The minimum atomic E-state index is -0.541. The summed E-state index contributed by atoms with van der Waals surface area (Å²) in [6.07, 6.45) is 2.34. The maximum Gasteiger partial charge on any atom is 0.160 e. The van der Waals surface area contributed by atoms with Crippen LogP contribution in [0.25, 0.3) is 0 Å². The fourth-order valence-corrected chi connectivity index (χ4v) is 1.78. The number of aryl methyl sites for hydroxylation is 2. The number of hydrogen-bond donors (Lipinski definition) is 2. The van der Waals surface area contributed by atoms with Gasteiger partial charge < -0.3 is 10.4 Å². The molecule has 0 aliphatic rings. The third-order valence-corrected chi connectivity index (χ3v) is 2.89. The molecule has 0 saturated heterocycles. The normalized spacial score (nSPS) is 11.8. The van der Waals surface area contributed by atoms with E-state index in [4.69, 9.17) is 5.11 Å². The lowest BCUT2D eigenvalue weighted by atomic mass is 10.2. The maximum absolute atomic E-state index is 9.25. The number of aromatic nitrogens is 3. The number of aliphatic hydroxyl groups excluding tert-OH is 1. The zero-order valence-corrected chi connectivity index (χ0v) is 11.3. The Bertz CT molecular complexity index is 584. The van der Waals surface area contributed by atoms with Gasteiger partial charge in [-0.1, -0.05) is 22.9 Å². The summed E-state index contributed by atoms with van der Waals surface area (Å²) in [4.78, 5) is 0. The highest BCUT2D eigenvalue weighted by atomic mass is 16.3. The predicted octanol–water partition coefficient (Wildman–Crippen LogP) is 1.65. The highest BCUT2D eigenvalue weighted by Gasteiger charge is 2.14. The van der Waals surface area contributed by atoms with Crippen molar-refractivity contribution >= 4 is 5.69 Å². The predicted molar refractivity (Wildman–Crippen MR) is 74.9 cm³/mol. The SMILES string of the molecule is Cc1ccc(NC(C#N)c2cn(CCCO)nn2)cc1. The quantitative estimate of drug-likeness (QED) is 0.834. The molecule has 0 radical (unpaired) electrons. The Hall–Kier alpha value is -2.39. The molecule has 1 aromatic carbocycles. The second-order valence-electron chi connectivity index (χ2n) is 4.56. The molecule has 0 aliphatic carbocycles. The minimum absolute atomic E-state index is 0.110. The van der Waals surface area contributed by atoms with Gasteiger partial charge in [0.15, 0.2) is 6.04 Å². The van der Waals surface area contributed by atoms with E-state index in [0.717, 1.165) is 5.69 Å². The second-order valence-corrected chi connectivity index (χ2v) is 4.56. The van der Waals surface area contributed by atoms with Gasteiger partial charge in [0.2, 0.25) is 0 Å². The number of nitrogens with zero attached hydrogens (tertiary/aromatic N) is 4. The van der Waals surface area contributed by atoms with Crippen molar-refractivity contribution in [3.63, 3.8) is 0 Å². The summed E-state index contributed by atoms with van der Waals surface area (Å²) in [7, 11) is 0. The molecule has 2 rings (SSSR count). The molecule has 2 N–H and O–H groups in total. The van der Waals surface area contributed by atoms with E-state index in [2.05, 4.69) is 21.7 Å². The molecule has 0 amide bonds. The zero-order valence-electron chi connectivity index (χ0n) is 11.3. The Morgan fingerprint density at radius 3 is 2.80 bits per heavy atom. The minimum Gasteiger partial charge on any atom is -0.396 e. The van der Waals surface area contributed by atoms with Crippen LogP contribution in [0.4, 0.5) is 5.69 Å². The zero-order chi connectivity index (χ0) is 14.4. The van der Waals surface area contributed by atoms with Gasteiger partial charge in [-0.3, -0.25) is 4.68 Å². The number of rotatable bonds is 6. The Morgan fingerprint density at radius 1 is 1.40 bits per heavy atom. The van der Waals surface area contributed by atoms with Crippen LogP contribution >= 0.6 is 0 Å². The van der Waals surface area contributed by atoms with E-state index in [0.29, 0.717) is 18.7 Å². The number of benzene rings is 1. The first-order chi connectivity index (χ1) is 9.72. The number of aliphatic hydroxyl groups is 1. The van der Waals surface area contributed by atoms with E-state index in [1.54, 1.807) is 10.9 Å².